The second kappa shape index (κ2) is 10.0. The van der Waals surface area contributed by atoms with Crippen molar-refractivity contribution in [1.82, 2.24) is 14.5 Å². The standard InChI is InChI=1S/C18H25N5O4S3/c1-3-22(4-2)30(26,27)14-10-11-16(15(12-14)23(24)25)28-18-21-20-17(29-18)19-13-8-6-5-7-9-13/h10-13H,3-9H2,1-2H3,(H,19,20). The third-order valence-corrected chi connectivity index (χ3v) is 9.02. The molecule has 0 radical (unpaired) electrons. The van der Waals surface area contributed by atoms with Crippen molar-refractivity contribution >= 4 is 43.9 Å². The van der Waals surface area contributed by atoms with Crippen molar-refractivity contribution in [2.45, 2.75) is 66.1 Å². The van der Waals surface area contributed by atoms with E-state index in [4.69, 9.17) is 0 Å². The monoisotopic (exact) mass is 471 g/mol. The summed E-state index contributed by atoms with van der Waals surface area (Å²) in [6.45, 7) is 4.05. The summed E-state index contributed by atoms with van der Waals surface area (Å²) >= 11 is 2.46. The summed E-state index contributed by atoms with van der Waals surface area (Å²) in [4.78, 5) is 11.3. The molecule has 0 unspecified atom stereocenters. The van der Waals surface area contributed by atoms with Crippen LogP contribution in [0.15, 0.2) is 32.3 Å². The zero-order valence-electron chi connectivity index (χ0n) is 16.9. The highest BCUT2D eigenvalue weighted by Crippen LogP contribution is 2.39. The van der Waals surface area contributed by atoms with Crippen molar-refractivity contribution in [3.05, 3.63) is 28.3 Å². The maximum absolute atomic E-state index is 12.7. The lowest BCUT2D eigenvalue weighted by Gasteiger charge is -2.21. The zero-order chi connectivity index (χ0) is 21.7. The molecule has 0 spiro atoms. The molecule has 1 heterocycles. The van der Waals surface area contributed by atoms with Crippen molar-refractivity contribution in [3.63, 3.8) is 0 Å². The summed E-state index contributed by atoms with van der Waals surface area (Å²) in [5.41, 5.74) is -0.259. The van der Waals surface area contributed by atoms with Gasteiger partial charge in [-0.2, -0.15) is 4.31 Å². The van der Waals surface area contributed by atoms with E-state index in [0.29, 0.717) is 33.5 Å². The van der Waals surface area contributed by atoms with Gasteiger partial charge in [-0.05, 0) is 36.7 Å². The minimum Gasteiger partial charge on any atom is -0.357 e. The van der Waals surface area contributed by atoms with E-state index in [0.717, 1.165) is 30.7 Å². The smallest absolute Gasteiger partial charge is 0.284 e. The molecule has 3 rings (SSSR count). The van der Waals surface area contributed by atoms with Gasteiger partial charge in [-0.3, -0.25) is 10.1 Å². The molecule has 30 heavy (non-hydrogen) atoms. The molecule has 9 nitrogen and oxygen atoms in total. The average Bonchev–Trinajstić information content (AvgIpc) is 3.16. The number of aromatic nitrogens is 2. The van der Waals surface area contributed by atoms with Crippen LogP contribution in [0.25, 0.3) is 0 Å². The first-order valence-electron chi connectivity index (χ1n) is 9.91. The Balaban J connectivity index is 1.80. The molecule has 12 heteroatoms. The normalized spacial score (nSPS) is 15.4. The quantitative estimate of drug-likeness (QED) is 0.423. The zero-order valence-corrected chi connectivity index (χ0v) is 19.4. The lowest BCUT2D eigenvalue weighted by atomic mass is 9.96. The lowest BCUT2D eigenvalue weighted by Crippen LogP contribution is -2.30. The average molecular weight is 472 g/mol. The van der Waals surface area contributed by atoms with Crippen molar-refractivity contribution in [2.75, 3.05) is 18.4 Å². The summed E-state index contributed by atoms with van der Waals surface area (Å²) < 4.78 is 27.2. The van der Waals surface area contributed by atoms with E-state index in [1.165, 1.54) is 47.0 Å². The number of benzene rings is 1. The largest absolute Gasteiger partial charge is 0.357 e. The van der Waals surface area contributed by atoms with E-state index in [1.807, 2.05) is 0 Å². The molecule has 0 amide bonds. The summed E-state index contributed by atoms with van der Waals surface area (Å²) in [6.07, 6.45) is 5.88. The summed E-state index contributed by atoms with van der Waals surface area (Å²) in [5, 5.41) is 24.0. The Bertz CT molecular complexity index is 985. The number of hydrogen-bond acceptors (Lipinski definition) is 9. The van der Waals surface area contributed by atoms with Crippen LogP contribution in [0.2, 0.25) is 0 Å². The van der Waals surface area contributed by atoms with Crippen LogP contribution in [-0.4, -0.2) is 47.0 Å². The van der Waals surface area contributed by atoms with Crippen molar-refractivity contribution in [3.8, 4) is 0 Å². The van der Waals surface area contributed by atoms with Crippen LogP contribution in [0.5, 0.6) is 0 Å². The molecule has 2 aromatic rings. The number of nitro benzene ring substituents is 1. The maximum atomic E-state index is 12.7. The van der Waals surface area contributed by atoms with Crippen molar-refractivity contribution in [2.24, 2.45) is 0 Å². The second-order valence-electron chi connectivity index (χ2n) is 6.93. The number of anilines is 1. The fraction of sp³-hybridized carbons (Fsp3) is 0.556. The predicted molar refractivity (Wildman–Crippen MR) is 118 cm³/mol. The fourth-order valence-electron chi connectivity index (χ4n) is 3.42. The van der Waals surface area contributed by atoms with E-state index in [-0.39, 0.29) is 10.6 Å². The van der Waals surface area contributed by atoms with E-state index in [2.05, 4.69) is 15.5 Å². The molecule has 1 aliphatic rings. The van der Waals surface area contributed by atoms with Crippen LogP contribution < -0.4 is 5.32 Å². The number of sulfonamides is 1. The Morgan fingerprint density at radius 1 is 1.23 bits per heavy atom. The number of hydrogen-bond donors (Lipinski definition) is 1. The Kier molecular flexibility index (Phi) is 7.66. The van der Waals surface area contributed by atoms with E-state index < -0.39 is 14.9 Å². The van der Waals surface area contributed by atoms with Gasteiger partial charge in [0, 0.05) is 25.2 Å². The topological polar surface area (TPSA) is 118 Å². The Hall–Kier alpha value is -1.76. The van der Waals surface area contributed by atoms with Crippen molar-refractivity contribution < 1.29 is 13.3 Å². The molecule has 1 aliphatic carbocycles. The third-order valence-electron chi connectivity index (χ3n) is 5.01. The number of nitrogens with one attached hydrogen (secondary N) is 1. The first-order valence-corrected chi connectivity index (χ1v) is 13.0. The van der Waals surface area contributed by atoms with Gasteiger partial charge in [0.05, 0.1) is 14.7 Å². The predicted octanol–water partition coefficient (Wildman–Crippen LogP) is 4.37. The van der Waals surface area contributed by atoms with E-state index in [1.54, 1.807) is 13.8 Å². The molecule has 1 N–H and O–H groups in total. The second-order valence-corrected chi connectivity index (χ2v) is 11.1. The highest BCUT2D eigenvalue weighted by Gasteiger charge is 2.26. The van der Waals surface area contributed by atoms with E-state index in [9.17, 15) is 18.5 Å². The van der Waals surface area contributed by atoms with Crippen LogP contribution in [0.4, 0.5) is 10.8 Å². The van der Waals surface area contributed by atoms with Crippen LogP contribution in [0.1, 0.15) is 46.0 Å². The van der Waals surface area contributed by atoms with Gasteiger partial charge in [0.2, 0.25) is 15.2 Å². The fourth-order valence-corrected chi connectivity index (χ4v) is 6.77. The third kappa shape index (κ3) is 5.29. The first kappa shape index (κ1) is 22.9. The van der Waals surface area contributed by atoms with Gasteiger partial charge >= 0.3 is 0 Å². The summed E-state index contributed by atoms with van der Waals surface area (Å²) in [5.74, 6) is 0. The summed E-state index contributed by atoms with van der Waals surface area (Å²) in [7, 11) is -3.77. The molecule has 0 aliphatic heterocycles. The van der Waals surface area contributed by atoms with Gasteiger partial charge in [-0.15, -0.1) is 10.2 Å². The lowest BCUT2D eigenvalue weighted by molar-refractivity contribution is -0.388. The molecule has 0 atom stereocenters. The number of rotatable bonds is 9. The van der Waals surface area contributed by atoms with Crippen molar-refractivity contribution in [1.29, 1.82) is 0 Å². The highest BCUT2D eigenvalue weighted by atomic mass is 32.2. The Labute approximate surface area is 184 Å². The number of nitrogens with zero attached hydrogens (tertiary/aromatic N) is 4. The molecule has 164 valence electrons. The molecule has 1 aromatic carbocycles. The SMILES string of the molecule is CCN(CC)S(=O)(=O)c1ccc(Sc2nnc(NC3CCCCC3)s2)c([N+](=O)[O-])c1. The maximum Gasteiger partial charge on any atom is 0.284 e. The first-order chi connectivity index (χ1) is 14.3. The molecule has 1 fully saturated rings. The highest BCUT2D eigenvalue weighted by molar-refractivity contribution is 8.01. The molecule has 1 saturated carbocycles. The summed E-state index contributed by atoms with van der Waals surface area (Å²) in [6, 6.07) is 4.39. The minimum atomic E-state index is -3.77. The Morgan fingerprint density at radius 3 is 2.57 bits per heavy atom. The van der Waals surface area contributed by atoms with Crippen LogP contribution in [-0.2, 0) is 10.0 Å². The van der Waals surface area contributed by atoms with Crippen LogP contribution >= 0.6 is 23.1 Å². The molecule has 0 saturated heterocycles. The molecular formula is C18H25N5O4S3. The van der Waals surface area contributed by atoms with Gasteiger partial charge < -0.3 is 5.32 Å². The van der Waals surface area contributed by atoms with Gasteiger partial charge in [-0.25, -0.2) is 8.42 Å². The number of nitro groups is 1. The van der Waals surface area contributed by atoms with Gasteiger partial charge in [0.25, 0.3) is 5.69 Å². The van der Waals surface area contributed by atoms with Crippen LogP contribution in [0, 0.1) is 10.1 Å². The Morgan fingerprint density at radius 2 is 1.93 bits per heavy atom. The van der Waals surface area contributed by atoms with Gasteiger partial charge in [-0.1, -0.05) is 44.4 Å². The van der Waals surface area contributed by atoms with Gasteiger partial charge in [0.1, 0.15) is 0 Å². The minimum absolute atomic E-state index is 0.0841. The molecular weight excluding hydrogens is 446 g/mol. The van der Waals surface area contributed by atoms with Gasteiger partial charge in [0.15, 0.2) is 4.34 Å². The molecule has 1 aromatic heterocycles. The molecule has 0 bridgehead atoms. The van der Waals surface area contributed by atoms with Crippen LogP contribution in [0.3, 0.4) is 0 Å². The van der Waals surface area contributed by atoms with E-state index >= 15 is 0 Å².